The molecular formula is C24H25Cl2N5O5. The van der Waals surface area contributed by atoms with E-state index in [4.69, 9.17) is 5.73 Å². The fourth-order valence-electron chi connectivity index (χ4n) is 4.80. The third kappa shape index (κ3) is 4.61. The van der Waals surface area contributed by atoms with Crippen LogP contribution < -0.4 is 16.4 Å². The van der Waals surface area contributed by atoms with Crippen LogP contribution in [0.4, 0.5) is 11.4 Å². The Morgan fingerprint density at radius 2 is 1.78 bits per heavy atom. The predicted molar refractivity (Wildman–Crippen MR) is 136 cm³/mol. The summed E-state index contributed by atoms with van der Waals surface area (Å²) in [5, 5.41) is 5.18. The van der Waals surface area contributed by atoms with E-state index in [1.807, 2.05) is 18.2 Å². The van der Waals surface area contributed by atoms with E-state index < -0.39 is 29.7 Å². The first-order chi connectivity index (χ1) is 16.3. The minimum atomic E-state index is -1.04. The lowest BCUT2D eigenvalue weighted by molar-refractivity contribution is -0.136. The Balaban J connectivity index is 0.00000180. The Bertz CT molecular complexity index is 1270. The molecular weight excluding hydrogens is 509 g/mol. The Morgan fingerprint density at radius 1 is 1.03 bits per heavy atom. The number of piperidine rings is 1. The maximum absolute atomic E-state index is 13.2. The highest BCUT2D eigenvalue weighted by Gasteiger charge is 2.45. The number of benzene rings is 2. The zero-order chi connectivity index (χ0) is 24.0. The number of fused-ring (bicyclic) bond motifs is 2. The fraction of sp³-hybridized carbons (Fsp3) is 0.292. The zero-order valence-electron chi connectivity index (χ0n) is 19.1. The van der Waals surface area contributed by atoms with Crippen LogP contribution >= 0.6 is 24.8 Å². The molecule has 3 aliphatic rings. The van der Waals surface area contributed by atoms with Crippen LogP contribution in [0.5, 0.6) is 0 Å². The maximum atomic E-state index is 13.2. The minimum Gasteiger partial charge on any atom is -0.398 e. The van der Waals surface area contributed by atoms with E-state index in [2.05, 4.69) is 10.6 Å². The van der Waals surface area contributed by atoms with Gasteiger partial charge in [-0.15, -0.1) is 24.8 Å². The summed E-state index contributed by atoms with van der Waals surface area (Å²) in [5.74, 6) is -2.45. The molecule has 2 aromatic rings. The molecule has 0 saturated carbocycles. The van der Waals surface area contributed by atoms with E-state index in [1.54, 1.807) is 17.0 Å². The van der Waals surface area contributed by atoms with Crippen molar-refractivity contribution in [1.82, 2.24) is 15.1 Å². The highest BCUT2D eigenvalue weighted by Crippen LogP contribution is 2.32. The van der Waals surface area contributed by atoms with Gasteiger partial charge in [0.1, 0.15) is 6.04 Å². The number of nitrogens with one attached hydrogen (secondary N) is 2. The third-order valence-corrected chi connectivity index (χ3v) is 6.55. The molecule has 0 aliphatic carbocycles. The molecule has 12 heteroatoms. The van der Waals surface area contributed by atoms with Crippen molar-refractivity contribution in [3.8, 4) is 0 Å². The molecule has 4 N–H and O–H groups in total. The number of nitrogen functional groups attached to an aromatic ring is 1. The van der Waals surface area contributed by atoms with Gasteiger partial charge in [0, 0.05) is 30.9 Å². The lowest BCUT2D eigenvalue weighted by Crippen LogP contribution is -2.54. The summed E-state index contributed by atoms with van der Waals surface area (Å²) in [4.78, 5) is 65.3. The van der Waals surface area contributed by atoms with Crippen LogP contribution in [0.2, 0.25) is 0 Å². The summed E-state index contributed by atoms with van der Waals surface area (Å²) in [5.41, 5.74) is 9.48. The standard InChI is InChI=1S/C24H23N5O5.2ClH/c25-16-5-1-3-13-12-28(10-9-14(13)16)20(31)11-26-17-6-2-4-15-21(17)24(34)29(23(15)33)18-7-8-19(30)27-22(18)32;;/h1-6,18,26H,7-12,25H2,(H,27,30,32);2*1H. The number of rotatable bonds is 4. The molecule has 5 amide bonds. The predicted octanol–water partition coefficient (Wildman–Crippen LogP) is 1.51. The van der Waals surface area contributed by atoms with Crippen LogP contribution in [-0.4, -0.2) is 58.5 Å². The maximum Gasteiger partial charge on any atom is 0.264 e. The molecule has 3 heterocycles. The van der Waals surface area contributed by atoms with E-state index in [1.165, 1.54) is 6.07 Å². The second kappa shape index (κ2) is 10.5. The van der Waals surface area contributed by atoms with Crippen LogP contribution in [-0.2, 0) is 27.3 Å². The van der Waals surface area contributed by atoms with Gasteiger partial charge < -0.3 is 16.0 Å². The van der Waals surface area contributed by atoms with E-state index >= 15 is 0 Å². The van der Waals surface area contributed by atoms with E-state index in [9.17, 15) is 24.0 Å². The second-order valence-electron chi connectivity index (χ2n) is 8.58. The Hall–Kier alpha value is -3.63. The van der Waals surface area contributed by atoms with Crippen LogP contribution in [0.25, 0.3) is 0 Å². The van der Waals surface area contributed by atoms with E-state index in [0.29, 0.717) is 25.2 Å². The quantitative estimate of drug-likeness (QED) is 0.399. The highest BCUT2D eigenvalue weighted by molar-refractivity contribution is 6.25. The van der Waals surface area contributed by atoms with Gasteiger partial charge in [0.25, 0.3) is 11.8 Å². The number of nitrogens with two attached hydrogens (primary N) is 1. The van der Waals surface area contributed by atoms with Crippen molar-refractivity contribution < 1.29 is 24.0 Å². The molecule has 3 aliphatic heterocycles. The second-order valence-corrected chi connectivity index (χ2v) is 8.58. The summed E-state index contributed by atoms with van der Waals surface area (Å²) in [6.45, 7) is 0.928. The Labute approximate surface area is 219 Å². The van der Waals surface area contributed by atoms with Gasteiger partial charge in [-0.2, -0.15) is 0 Å². The van der Waals surface area contributed by atoms with Gasteiger partial charge >= 0.3 is 0 Å². The first-order valence-electron chi connectivity index (χ1n) is 11.1. The molecule has 5 rings (SSSR count). The van der Waals surface area contributed by atoms with Crippen LogP contribution in [0, 0.1) is 0 Å². The van der Waals surface area contributed by atoms with Crippen LogP contribution in [0.3, 0.4) is 0 Å². The van der Waals surface area contributed by atoms with Crippen molar-refractivity contribution in [3.63, 3.8) is 0 Å². The lowest BCUT2D eigenvalue weighted by atomic mass is 9.98. The molecule has 1 saturated heterocycles. The van der Waals surface area contributed by atoms with Crippen LogP contribution in [0.1, 0.15) is 44.7 Å². The monoisotopic (exact) mass is 533 g/mol. The lowest BCUT2D eigenvalue weighted by Gasteiger charge is -2.30. The Kier molecular flexibility index (Phi) is 7.90. The summed E-state index contributed by atoms with van der Waals surface area (Å²) < 4.78 is 0. The summed E-state index contributed by atoms with van der Waals surface area (Å²) in [6, 6.07) is 9.38. The van der Waals surface area contributed by atoms with Gasteiger partial charge in [0.2, 0.25) is 17.7 Å². The molecule has 0 spiro atoms. The minimum absolute atomic E-state index is 0. The van der Waals surface area contributed by atoms with Crippen molar-refractivity contribution in [3.05, 3.63) is 58.7 Å². The zero-order valence-corrected chi connectivity index (χ0v) is 20.7. The molecule has 0 radical (unpaired) electrons. The molecule has 36 heavy (non-hydrogen) atoms. The number of carbonyl (C=O) groups is 5. The summed E-state index contributed by atoms with van der Waals surface area (Å²) in [6.07, 6.45) is 0.800. The van der Waals surface area contributed by atoms with Crippen molar-refractivity contribution in [1.29, 1.82) is 0 Å². The van der Waals surface area contributed by atoms with Crippen molar-refractivity contribution in [2.75, 3.05) is 24.1 Å². The first-order valence-corrected chi connectivity index (χ1v) is 11.1. The molecule has 190 valence electrons. The average molecular weight is 534 g/mol. The number of amides is 5. The molecule has 2 aromatic carbocycles. The van der Waals surface area contributed by atoms with E-state index in [-0.39, 0.29) is 61.2 Å². The molecule has 1 atom stereocenters. The van der Waals surface area contributed by atoms with Crippen molar-refractivity contribution in [2.24, 2.45) is 0 Å². The summed E-state index contributed by atoms with van der Waals surface area (Å²) in [7, 11) is 0. The van der Waals surface area contributed by atoms with E-state index in [0.717, 1.165) is 21.7 Å². The van der Waals surface area contributed by atoms with Crippen molar-refractivity contribution >= 4 is 65.7 Å². The SMILES string of the molecule is Cl.Cl.Nc1cccc2c1CCN(C(=O)CNc1cccc3c1C(=O)N(C1CCC(=O)NC1=O)C3=O)C2. The number of imide groups is 2. The molecule has 1 fully saturated rings. The number of halogens is 2. The normalized spacial score (nSPS) is 18.5. The molecule has 0 bridgehead atoms. The molecule has 10 nitrogen and oxygen atoms in total. The third-order valence-electron chi connectivity index (χ3n) is 6.55. The number of anilines is 2. The van der Waals surface area contributed by atoms with Gasteiger partial charge in [-0.1, -0.05) is 18.2 Å². The number of hydrogen-bond donors (Lipinski definition) is 3. The highest BCUT2D eigenvalue weighted by atomic mass is 35.5. The van der Waals surface area contributed by atoms with Crippen LogP contribution in [0.15, 0.2) is 36.4 Å². The number of carbonyl (C=O) groups excluding carboxylic acids is 5. The number of nitrogens with zero attached hydrogens (tertiary/aromatic N) is 2. The molecule has 1 unspecified atom stereocenters. The topological polar surface area (TPSA) is 142 Å². The summed E-state index contributed by atoms with van der Waals surface area (Å²) >= 11 is 0. The Morgan fingerprint density at radius 3 is 2.53 bits per heavy atom. The van der Waals surface area contributed by atoms with Gasteiger partial charge in [-0.25, -0.2) is 0 Å². The van der Waals surface area contributed by atoms with Gasteiger partial charge in [-0.05, 0) is 42.2 Å². The van der Waals surface area contributed by atoms with Gasteiger partial charge in [0.15, 0.2) is 0 Å². The van der Waals surface area contributed by atoms with Crippen molar-refractivity contribution in [2.45, 2.75) is 31.8 Å². The number of hydrogen-bond acceptors (Lipinski definition) is 7. The fourth-order valence-corrected chi connectivity index (χ4v) is 4.80. The van der Waals surface area contributed by atoms with Gasteiger partial charge in [-0.3, -0.25) is 34.2 Å². The van der Waals surface area contributed by atoms with Gasteiger partial charge in [0.05, 0.1) is 17.7 Å². The molecule has 0 aromatic heterocycles. The smallest absolute Gasteiger partial charge is 0.264 e. The first kappa shape index (κ1) is 27.0. The average Bonchev–Trinajstić information content (AvgIpc) is 3.08. The largest absolute Gasteiger partial charge is 0.398 e.